The van der Waals surface area contributed by atoms with Crippen LogP contribution in [0.5, 0.6) is 5.75 Å². The summed E-state index contributed by atoms with van der Waals surface area (Å²) in [4.78, 5) is 42.6. The Hall–Kier alpha value is -5.32. The van der Waals surface area contributed by atoms with Crippen molar-refractivity contribution in [2.24, 2.45) is 14.1 Å². The highest BCUT2D eigenvalue weighted by Gasteiger charge is 2.20. The Labute approximate surface area is 242 Å². The zero-order valence-electron chi connectivity index (χ0n) is 24.3. The second-order valence-electron chi connectivity index (χ2n) is 10.9. The minimum absolute atomic E-state index is 0.118. The van der Waals surface area contributed by atoms with Gasteiger partial charge in [-0.15, -0.1) is 0 Å². The summed E-state index contributed by atoms with van der Waals surface area (Å²) in [5.74, 6) is 0.463. The molecule has 0 saturated carbocycles. The number of fused-ring (bicyclic) bond motifs is 1. The monoisotopic (exact) mass is 568 g/mol. The molecule has 0 fully saturated rings. The molecule has 2 N–H and O–H groups in total. The molecule has 2 amide bonds. The van der Waals surface area contributed by atoms with E-state index in [1.807, 2.05) is 55.7 Å². The fourth-order valence-corrected chi connectivity index (χ4v) is 4.56. The van der Waals surface area contributed by atoms with Crippen molar-refractivity contribution in [3.8, 4) is 16.9 Å². The third kappa shape index (κ3) is 5.90. The zero-order valence-corrected chi connectivity index (χ0v) is 24.3. The molecule has 0 aliphatic rings. The first-order valence-electron chi connectivity index (χ1n) is 13.2. The molecular formula is C31H32N6O5. The van der Waals surface area contributed by atoms with Crippen molar-refractivity contribution in [2.75, 3.05) is 17.7 Å². The molecule has 0 unspecified atom stereocenters. The largest absolute Gasteiger partial charge is 0.497 e. The van der Waals surface area contributed by atoms with Crippen molar-refractivity contribution in [1.82, 2.24) is 18.7 Å². The maximum Gasteiger partial charge on any atom is 0.413 e. The van der Waals surface area contributed by atoms with Crippen molar-refractivity contribution in [3.05, 3.63) is 84.7 Å². The van der Waals surface area contributed by atoms with Gasteiger partial charge in [0.15, 0.2) is 5.82 Å². The number of nitrogens with one attached hydrogen (secondary N) is 2. The van der Waals surface area contributed by atoms with Crippen LogP contribution in [0.3, 0.4) is 0 Å². The molecule has 216 valence electrons. The number of carbonyl (C=O) groups is 3. The minimum Gasteiger partial charge on any atom is -0.497 e. The van der Waals surface area contributed by atoms with Crippen LogP contribution in [0.2, 0.25) is 0 Å². The normalized spacial score (nSPS) is 11.4. The van der Waals surface area contributed by atoms with Crippen molar-refractivity contribution >= 4 is 40.3 Å². The first kappa shape index (κ1) is 28.2. The van der Waals surface area contributed by atoms with Gasteiger partial charge in [-0.1, -0.05) is 12.1 Å². The molecule has 42 heavy (non-hydrogen) atoms. The predicted molar refractivity (Wildman–Crippen MR) is 160 cm³/mol. The zero-order chi connectivity index (χ0) is 30.2. The third-order valence-electron chi connectivity index (χ3n) is 6.52. The number of rotatable bonds is 6. The molecule has 5 rings (SSSR count). The number of methoxy groups -OCH3 is 1. The number of benzene rings is 2. The Kier molecular flexibility index (Phi) is 7.34. The van der Waals surface area contributed by atoms with Gasteiger partial charge >= 0.3 is 6.09 Å². The summed E-state index contributed by atoms with van der Waals surface area (Å²) in [6, 6.07) is 16.6. The average molecular weight is 569 g/mol. The molecular weight excluding hydrogens is 536 g/mol. The smallest absolute Gasteiger partial charge is 0.413 e. The molecule has 0 spiro atoms. The van der Waals surface area contributed by atoms with E-state index in [-0.39, 0.29) is 17.5 Å². The summed E-state index contributed by atoms with van der Waals surface area (Å²) in [6.45, 7) is 5.28. The Morgan fingerprint density at radius 3 is 2.29 bits per heavy atom. The highest BCUT2D eigenvalue weighted by molar-refractivity contribution is 6.03. The van der Waals surface area contributed by atoms with E-state index in [1.165, 1.54) is 10.8 Å². The first-order valence-corrected chi connectivity index (χ1v) is 13.2. The van der Waals surface area contributed by atoms with E-state index in [0.29, 0.717) is 11.4 Å². The summed E-state index contributed by atoms with van der Waals surface area (Å²) < 4.78 is 15.5. The van der Waals surface area contributed by atoms with Gasteiger partial charge in [0.05, 0.1) is 12.6 Å². The number of carbonyl (C=O) groups excluding carboxylic acids is 3. The Morgan fingerprint density at radius 1 is 0.857 bits per heavy atom. The lowest BCUT2D eigenvalue weighted by atomic mass is 10.1. The lowest BCUT2D eigenvalue weighted by Gasteiger charge is -2.18. The highest BCUT2D eigenvalue weighted by atomic mass is 16.6. The quantitative estimate of drug-likeness (QED) is 0.272. The number of aromatic nitrogens is 4. The van der Waals surface area contributed by atoms with Crippen molar-refractivity contribution in [3.63, 3.8) is 0 Å². The number of hydrogen-bond acceptors (Lipinski definition) is 6. The SMILES string of the molecule is COc1ccc2c(ccn2C(=O)c2cc(-c3ccc(NC(=O)c4nc(NC(=O)OC(C)(C)C)cn4C)cc3)cn2C)c1. The fraction of sp³-hybridized carbons (Fsp3) is 0.226. The molecule has 3 aromatic heterocycles. The first-order chi connectivity index (χ1) is 19.9. The van der Waals surface area contributed by atoms with E-state index in [9.17, 15) is 14.4 Å². The van der Waals surface area contributed by atoms with Crippen molar-refractivity contribution in [1.29, 1.82) is 0 Å². The molecule has 11 nitrogen and oxygen atoms in total. The van der Waals surface area contributed by atoms with Gasteiger partial charge in [0.25, 0.3) is 11.8 Å². The van der Waals surface area contributed by atoms with E-state index < -0.39 is 17.6 Å². The van der Waals surface area contributed by atoms with Gasteiger partial charge in [0.1, 0.15) is 17.0 Å². The molecule has 0 atom stereocenters. The van der Waals surface area contributed by atoms with Gasteiger partial charge in [0.2, 0.25) is 5.82 Å². The summed E-state index contributed by atoms with van der Waals surface area (Å²) in [6.07, 6.45) is 4.53. The van der Waals surface area contributed by atoms with E-state index in [0.717, 1.165) is 27.8 Å². The van der Waals surface area contributed by atoms with Gasteiger partial charge in [0, 0.05) is 49.3 Å². The van der Waals surface area contributed by atoms with Gasteiger partial charge in [-0.2, -0.15) is 0 Å². The molecule has 0 aliphatic carbocycles. The summed E-state index contributed by atoms with van der Waals surface area (Å²) in [5.41, 5.74) is 2.97. The van der Waals surface area contributed by atoms with Crippen LogP contribution in [-0.2, 0) is 18.8 Å². The average Bonchev–Trinajstić information content (AvgIpc) is 3.63. The van der Waals surface area contributed by atoms with Gasteiger partial charge in [-0.05, 0) is 68.8 Å². The molecule has 3 heterocycles. The topological polar surface area (TPSA) is 121 Å². The highest BCUT2D eigenvalue weighted by Crippen LogP contribution is 2.27. The standard InChI is InChI=1S/C31H32N6O5/c1-31(2,3)42-30(40)34-26-18-36(5)27(33-26)28(38)32-22-9-7-19(8-10-22)21-16-25(35(4)17-21)29(39)37-14-13-20-15-23(41-6)11-12-24(20)37/h7-18H,1-6H3,(H,32,38)(H,34,40). The Balaban J connectivity index is 1.28. The number of hydrogen-bond donors (Lipinski definition) is 2. The molecule has 2 aromatic carbocycles. The second kappa shape index (κ2) is 10.9. The molecule has 0 radical (unpaired) electrons. The molecule has 5 aromatic rings. The van der Waals surface area contributed by atoms with Gasteiger partial charge < -0.3 is 23.9 Å². The maximum absolute atomic E-state index is 13.4. The molecule has 0 saturated heterocycles. The number of anilines is 2. The molecule has 11 heteroatoms. The van der Waals surface area contributed by atoms with Crippen LogP contribution >= 0.6 is 0 Å². The predicted octanol–water partition coefficient (Wildman–Crippen LogP) is 5.68. The second-order valence-corrected chi connectivity index (χ2v) is 10.9. The lowest BCUT2D eigenvalue weighted by molar-refractivity contribution is 0.0634. The van der Waals surface area contributed by atoms with Gasteiger partial charge in [-0.3, -0.25) is 19.5 Å². The maximum atomic E-state index is 13.4. The molecule has 0 bridgehead atoms. The Bertz CT molecular complexity index is 1800. The number of nitrogens with zero attached hydrogens (tertiary/aromatic N) is 4. The van der Waals surface area contributed by atoms with E-state index >= 15 is 0 Å². The van der Waals surface area contributed by atoms with Crippen LogP contribution in [0.1, 0.15) is 41.9 Å². The van der Waals surface area contributed by atoms with E-state index in [2.05, 4.69) is 15.6 Å². The van der Waals surface area contributed by atoms with Crippen LogP contribution in [0.25, 0.3) is 22.0 Å². The van der Waals surface area contributed by atoms with E-state index in [4.69, 9.17) is 9.47 Å². The third-order valence-corrected chi connectivity index (χ3v) is 6.52. The number of ether oxygens (including phenoxy) is 2. The minimum atomic E-state index is -0.658. The Morgan fingerprint density at radius 2 is 1.60 bits per heavy atom. The van der Waals surface area contributed by atoms with Crippen molar-refractivity contribution in [2.45, 2.75) is 26.4 Å². The summed E-state index contributed by atoms with van der Waals surface area (Å²) >= 11 is 0. The number of aryl methyl sites for hydroxylation is 2. The van der Waals surface area contributed by atoms with Crippen LogP contribution in [-0.4, -0.2) is 49.3 Å². The van der Waals surface area contributed by atoms with Crippen LogP contribution in [0.4, 0.5) is 16.3 Å². The van der Waals surface area contributed by atoms with Crippen molar-refractivity contribution < 1.29 is 23.9 Å². The lowest BCUT2D eigenvalue weighted by Crippen LogP contribution is -2.27. The summed E-state index contributed by atoms with van der Waals surface area (Å²) in [5, 5.41) is 6.27. The fourth-order valence-electron chi connectivity index (χ4n) is 4.56. The van der Waals surface area contributed by atoms with Crippen LogP contribution in [0.15, 0.2) is 73.2 Å². The number of imidazole rings is 1. The van der Waals surface area contributed by atoms with Crippen LogP contribution < -0.4 is 15.4 Å². The van der Waals surface area contributed by atoms with Crippen LogP contribution in [0, 0.1) is 0 Å². The van der Waals surface area contributed by atoms with Gasteiger partial charge in [-0.25, -0.2) is 9.78 Å². The van der Waals surface area contributed by atoms with E-state index in [1.54, 1.807) is 62.4 Å². The molecule has 0 aliphatic heterocycles. The number of amides is 2. The summed E-state index contributed by atoms with van der Waals surface area (Å²) in [7, 11) is 5.10.